The number of imidazole rings is 2. The molecule has 0 radical (unpaired) electrons. The third-order valence-electron chi connectivity index (χ3n) is 8.11. The van der Waals surface area contributed by atoms with Crippen molar-refractivity contribution >= 4 is 23.2 Å². The van der Waals surface area contributed by atoms with Gasteiger partial charge < -0.3 is 19.4 Å². The molecule has 272 valence electrons. The van der Waals surface area contributed by atoms with Crippen molar-refractivity contribution in [1.29, 1.82) is 0 Å². The molecule has 7 aromatic heterocycles. The van der Waals surface area contributed by atoms with Crippen LogP contribution < -0.4 is 11.3 Å². The number of nitrogens with one attached hydrogen (secondary N) is 1. The van der Waals surface area contributed by atoms with E-state index >= 15 is 0 Å². The molecule has 9 rings (SSSR count). The first-order valence-corrected chi connectivity index (χ1v) is 16.0. The summed E-state index contributed by atoms with van der Waals surface area (Å²) in [5.74, 6) is 3.80. The fraction of sp³-hybridized carbons (Fsp3) is 0.114. The molecule has 0 bridgehead atoms. The topological polar surface area (TPSA) is 188 Å². The van der Waals surface area contributed by atoms with Gasteiger partial charge in [0.05, 0.1) is 5.60 Å². The Bertz CT molecular complexity index is 2800. The van der Waals surface area contributed by atoms with Crippen LogP contribution in [0.4, 0.5) is 23.4 Å². The Morgan fingerprint density at radius 3 is 1.81 bits per heavy atom. The van der Waals surface area contributed by atoms with Gasteiger partial charge in [-0.25, -0.2) is 23.4 Å². The SMILES string of the molecule is CC(C)(O)Cc1nnc2ccc(-c3c(-c4ccc(F)cc4F)nc4occn34)nn12.NNc1ccc(-c2c(-c3ccc(F)cc3F)nc3occn23)nn1. The molecular weight excluding hydrogens is 712 g/mol. The number of hydrogen-bond donors (Lipinski definition) is 3. The maximum Gasteiger partial charge on any atom is 0.306 e. The molecule has 0 fully saturated rings. The van der Waals surface area contributed by atoms with E-state index in [0.717, 1.165) is 18.2 Å². The maximum atomic E-state index is 14.5. The summed E-state index contributed by atoms with van der Waals surface area (Å²) in [7, 11) is 0. The first-order valence-electron chi connectivity index (χ1n) is 16.0. The summed E-state index contributed by atoms with van der Waals surface area (Å²) < 4.78 is 70.7. The Kier molecular flexibility index (Phi) is 8.34. The fourth-order valence-corrected chi connectivity index (χ4v) is 5.79. The summed E-state index contributed by atoms with van der Waals surface area (Å²) in [6.07, 6.45) is 6.39. The maximum absolute atomic E-state index is 14.5. The van der Waals surface area contributed by atoms with Crippen LogP contribution in [-0.2, 0) is 6.42 Å². The van der Waals surface area contributed by atoms with E-state index in [2.05, 4.69) is 40.9 Å². The van der Waals surface area contributed by atoms with Gasteiger partial charge in [0.15, 0.2) is 17.3 Å². The zero-order chi connectivity index (χ0) is 37.7. The number of halogens is 4. The number of hydrogen-bond acceptors (Lipinski definition) is 12. The summed E-state index contributed by atoms with van der Waals surface area (Å²) in [6, 6.07) is 13.3. The van der Waals surface area contributed by atoms with E-state index in [4.69, 9.17) is 14.7 Å². The quantitative estimate of drug-likeness (QED) is 0.0999. The normalized spacial score (nSPS) is 11.8. The second kappa shape index (κ2) is 13.2. The fourth-order valence-electron chi connectivity index (χ4n) is 5.79. The van der Waals surface area contributed by atoms with E-state index in [1.54, 1.807) is 59.3 Å². The lowest BCUT2D eigenvalue weighted by atomic mass is 10.1. The zero-order valence-electron chi connectivity index (χ0n) is 28.1. The lowest BCUT2D eigenvalue weighted by Gasteiger charge is -2.15. The molecule has 0 aliphatic carbocycles. The highest BCUT2D eigenvalue weighted by molar-refractivity contribution is 5.81. The van der Waals surface area contributed by atoms with Gasteiger partial charge in [0, 0.05) is 42.1 Å². The molecule has 19 heteroatoms. The lowest BCUT2D eigenvalue weighted by Crippen LogP contribution is -2.23. The molecule has 9 aromatic rings. The van der Waals surface area contributed by atoms with Gasteiger partial charge >= 0.3 is 11.7 Å². The van der Waals surface area contributed by atoms with Gasteiger partial charge in [-0.3, -0.25) is 8.80 Å². The van der Waals surface area contributed by atoms with E-state index in [-0.39, 0.29) is 40.6 Å². The molecule has 0 amide bonds. The van der Waals surface area contributed by atoms with Crippen molar-refractivity contribution in [2.24, 2.45) is 5.84 Å². The summed E-state index contributed by atoms with van der Waals surface area (Å²) >= 11 is 0. The number of aliphatic hydroxyl groups is 1. The van der Waals surface area contributed by atoms with Crippen molar-refractivity contribution < 1.29 is 31.5 Å². The van der Waals surface area contributed by atoms with Crippen LogP contribution in [0.3, 0.4) is 0 Å². The molecular formula is C35H26F4N12O3. The summed E-state index contributed by atoms with van der Waals surface area (Å²) in [4.78, 5) is 8.65. The molecule has 0 aliphatic heterocycles. The van der Waals surface area contributed by atoms with Crippen LogP contribution in [-0.4, -0.2) is 59.5 Å². The van der Waals surface area contributed by atoms with Gasteiger partial charge in [-0.15, -0.1) is 20.4 Å². The molecule has 0 saturated carbocycles. The van der Waals surface area contributed by atoms with Gasteiger partial charge in [-0.2, -0.15) is 19.6 Å². The van der Waals surface area contributed by atoms with E-state index in [1.165, 1.54) is 35.2 Å². The number of nitrogens with two attached hydrogens (primary N) is 1. The van der Waals surface area contributed by atoms with Gasteiger partial charge in [0.2, 0.25) is 0 Å². The smallest absolute Gasteiger partial charge is 0.306 e. The van der Waals surface area contributed by atoms with Gasteiger partial charge in [0.1, 0.15) is 70.0 Å². The molecule has 54 heavy (non-hydrogen) atoms. The van der Waals surface area contributed by atoms with E-state index < -0.39 is 28.9 Å². The minimum absolute atomic E-state index is 0.118. The second-order valence-electron chi connectivity index (χ2n) is 12.5. The molecule has 0 aliphatic rings. The Morgan fingerprint density at radius 2 is 1.30 bits per heavy atom. The van der Waals surface area contributed by atoms with Crippen molar-refractivity contribution in [3.05, 3.63) is 115 Å². The highest BCUT2D eigenvalue weighted by atomic mass is 19.1. The zero-order valence-corrected chi connectivity index (χ0v) is 28.1. The number of aromatic nitrogens is 10. The highest BCUT2D eigenvalue weighted by Crippen LogP contribution is 2.35. The first-order chi connectivity index (χ1) is 26.0. The number of rotatable bonds is 7. The number of benzene rings is 2. The summed E-state index contributed by atoms with van der Waals surface area (Å²) in [5.41, 5.74) is 4.48. The predicted octanol–water partition coefficient (Wildman–Crippen LogP) is 5.91. The van der Waals surface area contributed by atoms with Crippen molar-refractivity contribution in [2.75, 3.05) is 5.43 Å². The highest BCUT2D eigenvalue weighted by Gasteiger charge is 2.25. The number of nitrogen functional groups attached to an aromatic ring is 1. The third kappa shape index (κ3) is 6.26. The van der Waals surface area contributed by atoms with Crippen molar-refractivity contribution in [2.45, 2.75) is 25.9 Å². The Labute approximate surface area is 300 Å². The standard InChI is InChI=1S/C20H16F2N6O2.C15H10F2N6O/c1-20(2,29)10-16-25-24-15-6-5-14(26-28(15)16)18-17(23-19-27(18)7-8-30-19)12-4-3-11(21)9-13(12)22;16-8-1-2-9(10(17)7-8)13-14(23-5-6-24-15(23)19-13)11-3-4-12(20-18)22-21-11/h3-9,29H,10H2,1-2H3;1-7H,18H2,(H,20,22). The molecule has 0 unspecified atom stereocenters. The van der Waals surface area contributed by atoms with Crippen molar-refractivity contribution in [3.8, 4) is 45.3 Å². The monoisotopic (exact) mass is 738 g/mol. The van der Waals surface area contributed by atoms with Crippen LogP contribution in [0.15, 0.2) is 94.4 Å². The van der Waals surface area contributed by atoms with Crippen LogP contribution in [0.2, 0.25) is 0 Å². The van der Waals surface area contributed by atoms with Gasteiger partial charge in [-0.1, -0.05) is 0 Å². The van der Waals surface area contributed by atoms with Crippen molar-refractivity contribution in [1.82, 2.24) is 48.8 Å². The number of nitrogens with zero attached hydrogens (tertiary/aromatic N) is 10. The minimum atomic E-state index is -1.00. The Balaban J connectivity index is 0.000000157. The van der Waals surface area contributed by atoms with Crippen LogP contribution in [0.25, 0.3) is 62.6 Å². The van der Waals surface area contributed by atoms with Crippen molar-refractivity contribution in [3.63, 3.8) is 0 Å². The average Bonchev–Trinajstić information content (AvgIpc) is 3.96. The van der Waals surface area contributed by atoms with E-state index in [9.17, 15) is 22.7 Å². The molecule has 4 N–H and O–H groups in total. The summed E-state index contributed by atoms with van der Waals surface area (Å²) in [6.45, 7) is 3.33. The first kappa shape index (κ1) is 34.1. The van der Waals surface area contributed by atoms with Crippen LogP contribution in [0.1, 0.15) is 19.7 Å². The minimum Gasteiger partial charge on any atom is -0.432 e. The van der Waals surface area contributed by atoms with Crippen LogP contribution >= 0.6 is 0 Å². The molecule has 2 aromatic carbocycles. The number of fused-ring (bicyclic) bond motifs is 3. The summed E-state index contributed by atoms with van der Waals surface area (Å²) in [5, 5.41) is 30.9. The molecule has 0 spiro atoms. The lowest BCUT2D eigenvalue weighted by molar-refractivity contribution is 0.0782. The van der Waals surface area contributed by atoms with Gasteiger partial charge in [-0.05, 0) is 62.4 Å². The Hall–Kier alpha value is -6.99. The average molecular weight is 739 g/mol. The largest absolute Gasteiger partial charge is 0.432 e. The molecule has 0 saturated heterocycles. The number of hydrazine groups is 1. The van der Waals surface area contributed by atoms with Crippen LogP contribution in [0.5, 0.6) is 0 Å². The number of anilines is 1. The van der Waals surface area contributed by atoms with Gasteiger partial charge in [0.25, 0.3) is 0 Å². The molecule has 7 heterocycles. The molecule has 15 nitrogen and oxygen atoms in total. The van der Waals surface area contributed by atoms with E-state index in [0.29, 0.717) is 40.1 Å². The predicted molar refractivity (Wildman–Crippen MR) is 184 cm³/mol. The third-order valence-corrected chi connectivity index (χ3v) is 8.11. The number of oxazole rings is 2. The van der Waals surface area contributed by atoms with Crippen LogP contribution in [0, 0.1) is 23.3 Å². The van der Waals surface area contributed by atoms with E-state index in [1.807, 2.05) is 0 Å². The Morgan fingerprint density at radius 1 is 0.722 bits per heavy atom. The second-order valence-corrected chi connectivity index (χ2v) is 12.5. The molecule has 0 atom stereocenters.